The number of benzene rings is 2. The Balaban J connectivity index is 1.58. The maximum atomic E-state index is 13.2. The van der Waals surface area contributed by atoms with E-state index in [2.05, 4.69) is 16.1 Å². The minimum atomic E-state index is -2.98. The molecule has 0 spiro atoms. The van der Waals surface area contributed by atoms with Gasteiger partial charge in [-0.3, -0.25) is 4.90 Å². The number of halogens is 2. The van der Waals surface area contributed by atoms with Crippen LogP contribution in [0.1, 0.15) is 30.9 Å². The van der Waals surface area contributed by atoms with Crippen LogP contribution < -0.4 is 4.74 Å². The van der Waals surface area contributed by atoms with Gasteiger partial charge in [-0.05, 0) is 50.6 Å². The summed E-state index contributed by atoms with van der Waals surface area (Å²) in [6.07, 6.45) is 3.35. The molecule has 0 amide bonds. The molecule has 9 heteroatoms. The van der Waals surface area contributed by atoms with Crippen molar-refractivity contribution in [1.82, 2.24) is 14.7 Å². The molecule has 0 bridgehead atoms. The van der Waals surface area contributed by atoms with Crippen LogP contribution in [0.25, 0.3) is 16.9 Å². The average Bonchev–Trinajstić information content (AvgIpc) is 3.35. The number of hydrogen-bond donors (Lipinski definition) is 2. The number of alkyl halides is 2. The number of nitriles is 1. The molecule has 2 atom stereocenters. The molecule has 184 valence electrons. The third-order valence-electron chi connectivity index (χ3n) is 6.54. The Kier molecular flexibility index (Phi) is 7.45. The van der Waals surface area contributed by atoms with Gasteiger partial charge in [0.25, 0.3) is 0 Å². The first-order valence-corrected chi connectivity index (χ1v) is 11.5. The molecule has 0 aliphatic carbocycles. The van der Waals surface area contributed by atoms with Gasteiger partial charge in [0.15, 0.2) is 0 Å². The van der Waals surface area contributed by atoms with E-state index in [1.165, 1.54) is 0 Å². The number of aromatic nitrogens is 2. The second kappa shape index (κ2) is 10.5. The normalized spacial score (nSPS) is 18.3. The van der Waals surface area contributed by atoms with E-state index in [1.807, 2.05) is 12.1 Å². The molecule has 1 fully saturated rings. The molecule has 0 radical (unpaired) electrons. The van der Waals surface area contributed by atoms with Crippen LogP contribution in [-0.4, -0.2) is 56.8 Å². The summed E-state index contributed by atoms with van der Waals surface area (Å²) in [6, 6.07) is 16.1. The molecule has 2 N–H and O–H groups in total. The Bertz CT molecular complexity index is 1210. The molecule has 1 aromatic heterocycles. The number of likely N-dealkylation sites (tertiary alicyclic amines) is 1. The van der Waals surface area contributed by atoms with Crippen LogP contribution in [0.3, 0.4) is 0 Å². The molecule has 0 saturated carbocycles. The Morgan fingerprint density at radius 1 is 1.26 bits per heavy atom. The Labute approximate surface area is 202 Å². The molecule has 2 heterocycles. The zero-order valence-electron chi connectivity index (χ0n) is 19.4. The molecule has 2 aromatic carbocycles. The third-order valence-corrected chi connectivity index (χ3v) is 6.54. The Morgan fingerprint density at radius 3 is 2.80 bits per heavy atom. The van der Waals surface area contributed by atoms with Gasteiger partial charge in [-0.25, -0.2) is 4.68 Å². The SMILES string of the molecule is C[C@@](O)(CO)[C@H]1CCCN(Cc2ccc(-c3ccn(-c4ccccc4C#N)n3)cc2OC(F)F)C1. The van der Waals surface area contributed by atoms with Gasteiger partial charge < -0.3 is 14.9 Å². The second-order valence-electron chi connectivity index (χ2n) is 9.07. The molecule has 3 aromatic rings. The summed E-state index contributed by atoms with van der Waals surface area (Å²) in [6.45, 7) is 0.00166. The molecule has 35 heavy (non-hydrogen) atoms. The lowest BCUT2D eigenvalue weighted by Crippen LogP contribution is -2.47. The number of para-hydroxylation sites is 1. The third kappa shape index (κ3) is 5.68. The largest absolute Gasteiger partial charge is 0.434 e. The summed E-state index contributed by atoms with van der Waals surface area (Å²) < 4.78 is 32.9. The van der Waals surface area contributed by atoms with Gasteiger partial charge in [-0.15, -0.1) is 0 Å². The fraction of sp³-hybridized carbons (Fsp3) is 0.385. The van der Waals surface area contributed by atoms with E-state index in [-0.39, 0.29) is 18.3 Å². The molecule has 0 unspecified atom stereocenters. The van der Waals surface area contributed by atoms with Crippen molar-refractivity contribution in [2.75, 3.05) is 19.7 Å². The maximum absolute atomic E-state index is 13.2. The van der Waals surface area contributed by atoms with Crippen LogP contribution in [0.2, 0.25) is 0 Å². The summed E-state index contributed by atoms with van der Waals surface area (Å²) in [5.41, 5.74) is 1.68. The lowest BCUT2D eigenvalue weighted by atomic mass is 9.83. The predicted octanol–water partition coefficient (Wildman–Crippen LogP) is 3.97. The van der Waals surface area contributed by atoms with E-state index in [1.54, 1.807) is 54.2 Å². The van der Waals surface area contributed by atoms with E-state index in [4.69, 9.17) is 4.74 Å². The van der Waals surface area contributed by atoms with Gasteiger partial charge in [0, 0.05) is 36.3 Å². The van der Waals surface area contributed by atoms with Crippen LogP contribution in [0.4, 0.5) is 8.78 Å². The van der Waals surface area contributed by atoms with Gasteiger partial charge >= 0.3 is 6.61 Å². The summed E-state index contributed by atoms with van der Waals surface area (Å²) in [7, 11) is 0. The number of aliphatic hydroxyl groups excluding tert-OH is 1. The number of nitrogens with zero attached hydrogens (tertiary/aromatic N) is 4. The molecule has 4 rings (SSSR count). The molecule has 1 aliphatic heterocycles. The highest BCUT2D eigenvalue weighted by molar-refractivity contribution is 5.63. The lowest BCUT2D eigenvalue weighted by Gasteiger charge is -2.39. The summed E-state index contributed by atoms with van der Waals surface area (Å²) in [5.74, 6) is -0.0410. The van der Waals surface area contributed by atoms with Crippen molar-refractivity contribution in [2.24, 2.45) is 5.92 Å². The molecular formula is C26H28F2N4O3. The monoisotopic (exact) mass is 482 g/mol. The quantitative estimate of drug-likeness (QED) is 0.505. The number of aliphatic hydroxyl groups is 2. The molecule has 1 saturated heterocycles. The minimum Gasteiger partial charge on any atom is -0.434 e. The fourth-order valence-corrected chi connectivity index (χ4v) is 4.51. The van der Waals surface area contributed by atoms with Gasteiger partial charge in [-0.2, -0.15) is 19.1 Å². The lowest BCUT2D eigenvalue weighted by molar-refractivity contribution is -0.0702. The van der Waals surface area contributed by atoms with E-state index >= 15 is 0 Å². The van der Waals surface area contributed by atoms with Crippen molar-refractivity contribution in [3.05, 3.63) is 65.9 Å². The molecular weight excluding hydrogens is 454 g/mol. The van der Waals surface area contributed by atoms with Crippen LogP contribution in [0.5, 0.6) is 5.75 Å². The number of hydrogen-bond acceptors (Lipinski definition) is 6. The fourth-order valence-electron chi connectivity index (χ4n) is 4.51. The van der Waals surface area contributed by atoms with Crippen LogP contribution in [0, 0.1) is 17.2 Å². The summed E-state index contributed by atoms with van der Waals surface area (Å²) in [5, 5.41) is 33.9. The smallest absolute Gasteiger partial charge is 0.387 e. The Morgan fingerprint density at radius 2 is 2.06 bits per heavy atom. The van der Waals surface area contributed by atoms with Crippen molar-refractivity contribution in [3.63, 3.8) is 0 Å². The van der Waals surface area contributed by atoms with Crippen molar-refractivity contribution in [2.45, 2.75) is 38.5 Å². The van der Waals surface area contributed by atoms with Gasteiger partial charge in [0.1, 0.15) is 11.8 Å². The zero-order valence-corrected chi connectivity index (χ0v) is 19.4. The first-order valence-electron chi connectivity index (χ1n) is 11.5. The first-order chi connectivity index (χ1) is 16.8. The topological polar surface area (TPSA) is 94.5 Å². The van der Waals surface area contributed by atoms with Crippen molar-refractivity contribution < 1.29 is 23.7 Å². The van der Waals surface area contributed by atoms with E-state index in [9.17, 15) is 24.3 Å². The summed E-state index contributed by atoms with van der Waals surface area (Å²) in [4.78, 5) is 2.08. The number of rotatable bonds is 8. The standard InChI is InChI=1S/C26H28F2N4O3/c1-26(34,17-33)21-6-4-11-31(16-21)15-20-9-8-18(13-24(20)35-25(27)28)22-10-12-32(30-22)23-7-3-2-5-19(23)14-29/h2-3,5,7-10,12-13,21,25,33-34H,4,6,11,15-17H2,1H3/t21-,26+/m0/s1. The van der Waals surface area contributed by atoms with Gasteiger partial charge in [0.05, 0.1) is 29.2 Å². The van der Waals surface area contributed by atoms with Crippen LogP contribution in [-0.2, 0) is 6.54 Å². The van der Waals surface area contributed by atoms with E-state index in [0.717, 1.165) is 19.4 Å². The average molecular weight is 483 g/mol. The van der Waals surface area contributed by atoms with Crippen LogP contribution >= 0.6 is 0 Å². The van der Waals surface area contributed by atoms with Gasteiger partial charge in [-0.1, -0.05) is 24.3 Å². The van der Waals surface area contributed by atoms with Crippen molar-refractivity contribution in [1.29, 1.82) is 5.26 Å². The van der Waals surface area contributed by atoms with Crippen molar-refractivity contribution >= 4 is 0 Å². The summed E-state index contributed by atoms with van der Waals surface area (Å²) >= 11 is 0. The Hall–Kier alpha value is -3.32. The van der Waals surface area contributed by atoms with E-state index in [0.29, 0.717) is 41.2 Å². The zero-order chi connectivity index (χ0) is 25.0. The highest BCUT2D eigenvalue weighted by Gasteiger charge is 2.34. The second-order valence-corrected chi connectivity index (χ2v) is 9.07. The molecule has 1 aliphatic rings. The number of ether oxygens (including phenoxy) is 1. The van der Waals surface area contributed by atoms with E-state index < -0.39 is 12.2 Å². The number of piperidine rings is 1. The predicted molar refractivity (Wildman–Crippen MR) is 126 cm³/mol. The van der Waals surface area contributed by atoms with Crippen LogP contribution in [0.15, 0.2) is 54.7 Å². The van der Waals surface area contributed by atoms with Crippen molar-refractivity contribution in [3.8, 4) is 28.8 Å². The maximum Gasteiger partial charge on any atom is 0.387 e. The highest BCUT2D eigenvalue weighted by atomic mass is 19.3. The molecule has 7 nitrogen and oxygen atoms in total. The highest BCUT2D eigenvalue weighted by Crippen LogP contribution is 2.32. The first kappa shape index (κ1) is 24.8. The van der Waals surface area contributed by atoms with Gasteiger partial charge in [0.2, 0.25) is 0 Å². The minimum absolute atomic E-state index is 0.0699.